The zero-order valence-corrected chi connectivity index (χ0v) is 13.8. The number of carbonyl (C=O) groups is 1. The Morgan fingerprint density at radius 1 is 0.765 bits per heavy atom. The molecule has 0 aromatic heterocycles. The summed E-state index contributed by atoms with van der Waals surface area (Å²) in [5, 5.41) is 8.46. The van der Waals surface area contributed by atoms with E-state index < -0.39 is 5.97 Å². The van der Waals surface area contributed by atoms with E-state index in [1.54, 1.807) is 0 Å². The molecule has 1 N–H and O–H groups in total. The van der Waals surface area contributed by atoms with E-state index in [0.29, 0.717) is 6.42 Å². The summed E-state index contributed by atoms with van der Waals surface area (Å²) < 4.78 is 0. The summed E-state index contributed by atoms with van der Waals surface area (Å²) in [4.78, 5) is 10.3. The van der Waals surface area contributed by atoms with Crippen molar-refractivity contribution >= 4 is 30.4 Å². The van der Waals surface area contributed by atoms with E-state index in [1.165, 1.54) is 57.8 Å². The molecule has 0 aliphatic rings. The molecule has 101 valence electrons. The van der Waals surface area contributed by atoms with Gasteiger partial charge in [-0.3, -0.25) is 4.79 Å². The molecule has 0 fully saturated rings. The van der Waals surface area contributed by atoms with Crippen molar-refractivity contribution in [2.45, 2.75) is 84.0 Å². The monoisotopic (exact) mass is 349 g/mol. The van der Waals surface area contributed by atoms with Crippen LogP contribution < -0.4 is 0 Å². The predicted octanol–water partition coefficient (Wildman–Crippen LogP) is 4.39. The van der Waals surface area contributed by atoms with Crippen molar-refractivity contribution in [2.75, 3.05) is 0 Å². The van der Waals surface area contributed by atoms with Crippen LogP contribution in [0, 0.1) is 0 Å². The second-order valence-electron chi connectivity index (χ2n) is 4.68. The minimum Gasteiger partial charge on any atom is -0.481 e. The van der Waals surface area contributed by atoms with Crippen LogP contribution in [0.1, 0.15) is 84.0 Å². The molecule has 2 nitrogen and oxygen atoms in total. The number of rotatable bonds is 12. The van der Waals surface area contributed by atoms with Crippen molar-refractivity contribution in [3.8, 4) is 0 Å². The van der Waals surface area contributed by atoms with Crippen molar-refractivity contribution in [3.05, 3.63) is 0 Å². The quantitative estimate of drug-likeness (QED) is 0.419. The minimum atomic E-state index is -0.657. The molecule has 3 heteroatoms. The number of unbranched alkanes of at least 4 members (excludes halogenated alkanes) is 10. The Balaban J connectivity index is 0. The minimum absolute atomic E-state index is 0. The summed E-state index contributed by atoms with van der Waals surface area (Å²) in [6, 6.07) is 0. The first kappa shape index (κ1) is 19.6. The van der Waals surface area contributed by atoms with Gasteiger partial charge in [0.1, 0.15) is 0 Å². The Hall–Kier alpha value is 0.288. The van der Waals surface area contributed by atoms with Gasteiger partial charge in [0.25, 0.3) is 0 Å². The van der Waals surface area contributed by atoms with Gasteiger partial charge in [-0.15, -0.1) is 0 Å². The second kappa shape index (κ2) is 16.3. The predicted molar refractivity (Wildman–Crippen MR) is 74.5 cm³/mol. The van der Waals surface area contributed by atoms with Crippen LogP contribution in [-0.4, -0.2) is 35.5 Å². The molecular formula is C14H28O2Sb. The maximum absolute atomic E-state index is 10.3. The zero-order chi connectivity index (χ0) is 12.1. The van der Waals surface area contributed by atoms with Crippen LogP contribution in [0.15, 0.2) is 0 Å². The van der Waals surface area contributed by atoms with Gasteiger partial charge >= 0.3 is 5.97 Å². The average Bonchev–Trinajstić information content (AvgIpc) is 2.25. The molecule has 0 unspecified atom stereocenters. The maximum atomic E-state index is 10.3. The Morgan fingerprint density at radius 2 is 1.12 bits per heavy atom. The SMILES string of the molecule is CCCCCCCCCCCCCC(=O)O.[Sb]. The third-order valence-corrected chi connectivity index (χ3v) is 2.99. The van der Waals surface area contributed by atoms with Crippen molar-refractivity contribution in [3.63, 3.8) is 0 Å². The number of hydrogen-bond donors (Lipinski definition) is 1. The molecular weight excluding hydrogens is 322 g/mol. The van der Waals surface area contributed by atoms with E-state index in [4.69, 9.17) is 5.11 Å². The van der Waals surface area contributed by atoms with E-state index in [1.807, 2.05) is 0 Å². The van der Waals surface area contributed by atoms with Gasteiger partial charge in [-0.25, -0.2) is 0 Å². The third-order valence-electron chi connectivity index (χ3n) is 2.99. The van der Waals surface area contributed by atoms with Crippen LogP contribution in [0.2, 0.25) is 0 Å². The first-order chi connectivity index (χ1) is 7.77. The van der Waals surface area contributed by atoms with Gasteiger partial charge < -0.3 is 5.11 Å². The molecule has 17 heavy (non-hydrogen) atoms. The summed E-state index contributed by atoms with van der Waals surface area (Å²) in [7, 11) is 0. The Labute approximate surface area is 124 Å². The smallest absolute Gasteiger partial charge is 0.303 e. The van der Waals surface area contributed by atoms with Crippen LogP contribution in [0.4, 0.5) is 0 Å². The van der Waals surface area contributed by atoms with E-state index in [-0.39, 0.29) is 24.4 Å². The molecule has 0 heterocycles. The summed E-state index contributed by atoms with van der Waals surface area (Å²) in [5.41, 5.74) is 0. The largest absolute Gasteiger partial charge is 0.481 e. The maximum Gasteiger partial charge on any atom is 0.303 e. The average molecular weight is 350 g/mol. The summed E-state index contributed by atoms with van der Waals surface area (Å²) in [6.07, 6.45) is 14.4. The first-order valence-corrected chi connectivity index (χ1v) is 6.99. The van der Waals surface area contributed by atoms with Crippen molar-refractivity contribution in [1.82, 2.24) is 0 Å². The molecule has 0 aliphatic heterocycles. The number of carboxylic acids is 1. The Bertz CT molecular complexity index is 160. The van der Waals surface area contributed by atoms with Crippen LogP contribution >= 0.6 is 0 Å². The van der Waals surface area contributed by atoms with Gasteiger partial charge in [0, 0.05) is 30.8 Å². The van der Waals surface area contributed by atoms with Crippen LogP contribution in [0.5, 0.6) is 0 Å². The molecule has 0 amide bonds. The van der Waals surface area contributed by atoms with E-state index in [0.717, 1.165) is 12.8 Å². The topological polar surface area (TPSA) is 37.3 Å². The van der Waals surface area contributed by atoms with Crippen molar-refractivity contribution in [2.24, 2.45) is 0 Å². The number of hydrogen-bond acceptors (Lipinski definition) is 1. The molecule has 0 bridgehead atoms. The summed E-state index contributed by atoms with van der Waals surface area (Å²) in [6.45, 7) is 2.25. The number of carboxylic acid groups (broad SMARTS) is 1. The molecule has 3 radical (unpaired) electrons. The normalized spacial score (nSPS) is 9.94. The fraction of sp³-hybridized carbons (Fsp3) is 0.929. The molecule has 0 spiro atoms. The van der Waals surface area contributed by atoms with Crippen LogP contribution in [0.3, 0.4) is 0 Å². The first-order valence-electron chi connectivity index (χ1n) is 6.99. The molecule has 0 aliphatic carbocycles. The van der Waals surface area contributed by atoms with Crippen molar-refractivity contribution in [1.29, 1.82) is 0 Å². The Morgan fingerprint density at radius 3 is 1.47 bits per heavy atom. The molecule has 0 saturated heterocycles. The fourth-order valence-electron chi connectivity index (χ4n) is 1.94. The van der Waals surface area contributed by atoms with E-state index >= 15 is 0 Å². The van der Waals surface area contributed by atoms with E-state index in [9.17, 15) is 4.79 Å². The van der Waals surface area contributed by atoms with Crippen LogP contribution in [-0.2, 0) is 4.79 Å². The zero-order valence-electron chi connectivity index (χ0n) is 11.3. The standard InChI is InChI=1S/C14H28O2.Sb/c1-2-3-4-5-6-7-8-9-10-11-12-13-14(15)16;/h2-13H2,1H3,(H,15,16);. The van der Waals surface area contributed by atoms with Gasteiger partial charge in [-0.2, -0.15) is 0 Å². The summed E-state index contributed by atoms with van der Waals surface area (Å²) in [5.74, 6) is -0.657. The van der Waals surface area contributed by atoms with Gasteiger partial charge in [0.05, 0.1) is 0 Å². The number of aliphatic carboxylic acids is 1. The van der Waals surface area contributed by atoms with Crippen molar-refractivity contribution < 1.29 is 9.90 Å². The molecule has 0 saturated carbocycles. The van der Waals surface area contributed by atoms with E-state index in [2.05, 4.69) is 6.92 Å². The van der Waals surface area contributed by atoms with Crippen LogP contribution in [0.25, 0.3) is 0 Å². The molecule has 0 rings (SSSR count). The summed E-state index contributed by atoms with van der Waals surface area (Å²) >= 11 is 0. The van der Waals surface area contributed by atoms with Gasteiger partial charge in [0.2, 0.25) is 0 Å². The second-order valence-corrected chi connectivity index (χ2v) is 4.68. The molecule has 0 aromatic rings. The third kappa shape index (κ3) is 18.8. The molecule has 0 aromatic carbocycles. The van der Waals surface area contributed by atoms with Gasteiger partial charge in [-0.05, 0) is 6.42 Å². The van der Waals surface area contributed by atoms with Gasteiger partial charge in [-0.1, -0.05) is 71.1 Å². The molecule has 0 atom stereocenters. The fourth-order valence-corrected chi connectivity index (χ4v) is 1.94. The van der Waals surface area contributed by atoms with Gasteiger partial charge in [0.15, 0.2) is 0 Å². The Kier molecular flexibility index (Phi) is 18.8.